The van der Waals surface area contributed by atoms with E-state index >= 15 is 0 Å². The zero-order chi connectivity index (χ0) is 17.7. The molecule has 1 amide bonds. The van der Waals surface area contributed by atoms with Gasteiger partial charge in [-0.25, -0.2) is 8.42 Å². The zero-order valence-electron chi connectivity index (χ0n) is 13.5. The third-order valence-electron chi connectivity index (χ3n) is 3.54. The summed E-state index contributed by atoms with van der Waals surface area (Å²) in [5, 5.41) is 3.24. The van der Waals surface area contributed by atoms with E-state index in [1.165, 1.54) is 16.4 Å². The van der Waals surface area contributed by atoms with E-state index in [4.69, 9.17) is 11.6 Å². The minimum Gasteiger partial charge on any atom is -0.322 e. The largest absolute Gasteiger partial charge is 0.322 e. The van der Waals surface area contributed by atoms with E-state index in [2.05, 4.69) is 5.32 Å². The van der Waals surface area contributed by atoms with E-state index in [1.807, 2.05) is 0 Å². The van der Waals surface area contributed by atoms with E-state index in [9.17, 15) is 13.2 Å². The summed E-state index contributed by atoms with van der Waals surface area (Å²) >= 11 is 5.80. The second-order valence-corrected chi connectivity index (χ2v) is 7.45. The minimum absolute atomic E-state index is 0.153. The molecule has 2 rings (SSSR count). The third kappa shape index (κ3) is 4.14. The number of sulfonamides is 1. The van der Waals surface area contributed by atoms with Crippen molar-refractivity contribution in [2.75, 3.05) is 18.4 Å². The van der Waals surface area contributed by atoms with Gasteiger partial charge in [0.05, 0.1) is 4.90 Å². The number of carbonyl (C=O) groups is 1. The Bertz CT molecular complexity index is 816. The first-order chi connectivity index (χ1) is 11.4. The summed E-state index contributed by atoms with van der Waals surface area (Å²) in [4.78, 5) is 12.4. The predicted octanol–water partition coefficient (Wildman–Crippen LogP) is 3.62. The van der Waals surface area contributed by atoms with E-state index in [-0.39, 0.29) is 10.8 Å². The molecule has 2 aromatic carbocycles. The standard InChI is InChI=1S/C17H19ClN2O3S/c1-3-20(4-2)24(22,23)16-7-5-6-15(12-16)19-17(21)13-8-10-14(18)11-9-13/h5-12H,3-4H2,1-2H3,(H,19,21). The number of amides is 1. The maximum Gasteiger partial charge on any atom is 0.255 e. The van der Waals surface area contributed by atoms with Gasteiger partial charge in [0.25, 0.3) is 5.91 Å². The van der Waals surface area contributed by atoms with Gasteiger partial charge in [-0.15, -0.1) is 0 Å². The molecule has 0 saturated heterocycles. The Morgan fingerprint density at radius 2 is 1.71 bits per heavy atom. The molecule has 0 radical (unpaired) electrons. The zero-order valence-corrected chi connectivity index (χ0v) is 15.1. The fourth-order valence-electron chi connectivity index (χ4n) is 2.25. The molecule has 24 heavy (non-hydrogen) atoms. The summed E-state index contributed by atoms with van der Waals surface area (Å²) in [6.07, 6.45) is 0. The maximum absolute atomic E-state index is 12.5. The van der Waals surface area contributed by atoms with E-state index in [0.717, 1.165) is 0 Å². The molecule has 0 bridgehead atoms. The fourth-order valence-corrected chi connectivity index (χ4v) is 3.88. The highest BCUT2D eigenvalue weighted by Gasteiger charge is 2.21. The second kappa shape index (κ2) is 7.79. The summed E-state index contributed by atoms with van der Waals surface area (Å²) in [6.45, 7) is 4.35. The van der Waals surface area contributed by atoms with E-state index < -0.39 is 10.0 Å². The number of nitrogens with one attached hydrogen (secondary N) is 1. The molecule has 0 unspecified atom stereocenters. The van der Waals surface area contributed by atoms with Gasteiger partial charge in [0.1, 0.15) is 0 Å². The predicted molar refractivity (Wildman–Crippen MR) is 96.0 cm³/mol. The fraction of sp³-hybridized carbons (Fsp3) is 0.235. The summed E-state index contributed by atoms with van der Waals surface area (Å²) < 4.78 is 26.4. The molecule has 1 N–H and O–H groups in total. The Balaban J connectivity index is 2.24. The molecule has 0 heterocycles. The lowest BCUT2D eigenvalue weighted by molar-refractivity contribution is 0.102. The highest BCUT2D eigenvalue weighted by molar-refractivity contribution is 7.89. The molecular formula is C17H19ClN2O3S. The van der Waals surface area contributed by atoms with Gasteiger partial charge in [-0.2, -0.15) is 4.31 Å². The lowest BCUT2D eigenvalue weighted by Gasteiger charge is -2.18. The number of rotatable bonds is 6. The molecule has 5 nitrogen and oxygen atoms in total. The van der Waals surface area contributed by atoms with Crippen LogP contribution in [-0.2, 0) is 10.0 Å². The number of benzene rings is 2. The van der Waals surface area contributed by atoms with Crippen molar-refractivity contribution < 1.29 is 13.2 Å². The van der Waals surface area contributed by atoms with Crippen LogP contribution in [0.25, 0.3) is 0 Å². The average molecular weight is 367 g/mol. The van der Waals surface area contributed by atoms with Gasteiger partial charge in [0, 0.05) is 29.4 Å². The van der Waals surface area contributed by atoms with Crippen molar-refractivity contribution in [3.05, 3.63) is 59.1 Å². The normalized spacial score (nSPS) is 11.5. The molecule has 128 valence electrons. The van der Waals surface area contributed by atoms with Crippen molar-refractivity contribution in [2.24, 2.45) is 0 Å². The van der Waals surface area contributed by atoms with Gasteiger partial charge in [-0.05, 0) is 42.5 Å². The van der Waals surface area contributed by atoms with Crippen LogP contribution >= 0.6 is 11.6 Å². The first kappa shape index (κ1) is 18.4. The molecule has 0 spiro atoms. The smallest absolute Gasteiger partial charge is 0.255 e. The Hall–Kier alpha value is -1.89. The van der Waals surface area contributed by atoms with Crippen LogP contribution in [0.2, 0.25) is 5.02 Å². The van der Waals surface area contributed by atoms with Gasteiger partial charge in [-0.1, -0.05) is 31.5 Å². The van der Waals surface area contributed by atoms with Gasteiger partial charge < -0.3 is 5.32 Å². The molecular weight excluding hydrogens is 348 g/mol. The molecule has 0 atom stereocenters. The molecule has 2 aromatic rings. The van der Waals surface area contributed by atoms with Crippen molar-refractivity contribution in [2.45, 2.75) is 18.7 Å². The van der Waals surface area contributed by atoms with Gasteiger partial charge in [-0.3, -0.25) is 4.79 Å². The molecule has 0 aliphatic carbocycles. The summed E-state index contributed by atoms with van der Waals surface area (Å²) in [5.74, 6) is -0.330. The molecule has 7 heteroatoms. The molecule has 0 saturated carbocycles. The van der Waals surface area contributed by atoms with E-state index in [0.29, 0.717) is 29.4 Å². The Morgan fingerprint density at radius 1 is 1.08 bits per heavy atom. The van der Waals surface area contributed by atoms with Crippen LogP contribution in [0.5, 0.6) is 0 Å². The van der Waals surface area contributed by atoms with Crippen LogP contribution in [0.4, 0.5) is 5.69 Å². The topological polar surface area (TPSA) is 66.5 Å². The van der Waals surface area contributed by atoms with Gasteiger partial charge >= 0.3 is 0 Å². The van der Waals surface area contributed by atoms with Crippen molar-refractivity contribution in [3.63, 3.8) is 0 Å². The highest BCUT2D eigenvalue weighted by Crippen LogP contribution is 2.20. The second-order valence-electron chi connectivity index (χ2n) is 5.08. The molecule has 0 fully saturated rings. The van der Waals surface area contributed by atoms with Crippen LogP contribution in [0.15, 0.2) is 53.4 Å². The average Bonchev–Trinajstić information content (AvgIpc) is 2.56. The van der Waals surface area contributed by atoms with Crippen LogP contribution in [0, 0.1) is 0 Å². The van der Waals surface area contributed by atoms with Crippen molar-refractivity contribution in [1.29, 1.82) is 0 Å². The monoisotopic (exact) mass is 366 g/mol. The Labute approximate surface area is 147 Å². The van der Waals surface area contributed by atoms with E-state index in [1.54, 1.807) is 50.2 Å². The first-order valence-corrected chi connectivity index (χ1v) is 9.37. The number of halogens is 1. The van der Waals surface area contributed by atoms with Crippen molar-refractivity contribution >= 4 is 33.2 Å². The quantitative estimate of drug-likeness (QED) is 0.849. The number of hydrogen-bond acceptors (Lipinski definition) is 3. The molecule has 0 aliphatic heterocycles. The van der Waals surface area contributed by atoms with Gasteiger partial charge in [0.15, 0.2) is 0 Å². The van der Waals surface area contributed by atoms with Crippen LogP contribution in [0.3, 0.4) is 0 Å². The van der Waals surface area contributed by atoms with Crippen molar-refractivity contribution in [3.8, 4) is 0 Å². The Kier molecular flexibility index (Phi) is 5.99. The molecule has 0 aromatic heterocycles. The van der Waals surface area contributed by atoms with Crippen LogP contribution in [-0.4, -0.2) is 31.7 Å². The number of anilines is 1. The van der Waals surface area contributed by atoms with Crippen LogP contribution < -0.4 is 5.32 Å². The lowest BCUT2D eigenvalue weighted by atomic mass is 10.2. The highest BCUT2D eigenvalue weighted by atomic mass is 35.5. The maximum atomic E-state index is 12.5. The Morgan fingerprint density at radius 3 is 2.29 bits per heavy atom. The van der Waals surface area contributed by atoms with Crippen LogP contribution in [0.1, 0.15) is 24.2 Å². The third-order valence-corrected chi connectivity index (χ3v) is 5.84. The molecule has 0 aliphatic rings. The minimum atomic E-state index is -3.57. The number of carbonyl (C=O) groups excluding carboxylic acids is 1. The summed E-state index contributed by atoms with van der Waals surface area (Å²) in [5.41, 5.74) is 0.861. The van der Waals surface area contributed by atoms with Gasteiger partial charge in [0.2, 0.25) is 10.0 Å². The summed E-state index contributed by atoms with van der Waals surface area (Å²) in [6, 6.07) is 12.7. The number of nitrogens with zero attached hydrogens (tertiary/aromatic N) is 1. The first-order valence-electron chi connectivity index (χ1n) is 7.55. The SMILES string of the molecule is CCN(CC)S(=O)(=O)c1cccc(NC(=O)c2ccc(Cl)cc2)c1. The number of hydrogen-bond donors (Lipinski definition) is 1. The van der Waals surface area contributed by atoms with Crippen molar-refractivity contribution in [1.82, 2.24) is 4.31 Å². The lowest BCUT2D eigenvalue weighted by Crippen LogP contribution is -2.30. The summed E-state index contributed by atoms with van der Waals surface area (Å²) in [7, 11) is -3.57.